The van der Waals surface area contributed by atoms with E-state index in [1.807, 2.05) is 13.0 Å². The van der Waals surface area contributed by atoms with Crippen LogP contribution in [0.2, 0.25) is 0 Å². The Hall–Kier alpha value is -3.10. The summed E-state index contributed by atoms with van der Waals surface area (Å²) in [6, 6.07) is 4.91. The highest BCUT2D eigenvalue weighted by molar-refractivity contribution is 5.68. The van der Waals surface area contributed by atoms with Crippen LogP contribution in [0.3, 0.4) is 0 Å². The first kappa shape index (κ1) is 15.4. The van der Waals surface area contributed by atoms with E-state index in [-0.39, 0.29) is 19.1 Å². The highest BCUT2D eigenvalue weighted by atomic mass is 19.3. The third-order valence-electron chi connectivity index (χ3n) is 3.73. The average Bonchev–Trinajstić information content (AvgIpc) is 3.16. The van der Waals surface area contributed by atoms with Crippen molar-refractivity contribution in [2.24, 2.45) is 0 Å². The zero-order valence-electron chi connectivity index (χ0n) is 13.2. The number of aromatic nitrogens is 3. The Kier molecular flexibility index (Phi) is 3.75. The molecule has 1 aliphatic rings. The third kappa shape index (κ3) is 3.00. The summed E-state index contributed by atoms with van der Waals surface area (Å²) in [5.74, 6) is 1.49. The lowest BCUT2D eigenvalue weighted by molar-refractivity contribution is -0.0504. The predicted octanol–water partition coefficient (Wildman–Crippen LogP) is 2.98. The summed E-state index contributed by atoms with van der Waals surface area (Å²) in [5, 5.41) is 7.44. The van der Waals surface area contributed by atoms with Gasteiger partial charge in [-0.05, 0) is 19.1 Å². The maximum Gasteiger partial charge on any atom is 0.387 e. The molecule has 0 fully saturated rings. The van der Waals surface area contributed by atoms with Gasteiger partial charge in [-0.15, -0.1) is 0 Å². The molecule has 1 N–H and O–H groups in total. The van der Waals surface area contributed by atoms with Gasteiger partial charge in [0.15, 0.2) is 17.3 Å². The standard InChI is InChI=1S/C16H14F2N4O3/c1-9-4-11-15(19-2-3-22(11)21-9)20-7-10-5-13-14(24-8-23-13)6-12(10)25-16(17)18/h2-6,16H,7-8H2,1H3,(H,19,20). The first-order chi connectivity index (χ1) is 12.1. The van der Waals surface area contributed by atoms with E-state index >= 15 is 0 Å². The van der Waals surface area contributed by atoms with Gasteiger partial charge in [-0.1, -0.05) is 0 Å². The molecule has 0 saturated heterocycles. The van der Waals surface area contributed by atoms with E-state index in [4.69, 9.17) is 9.47 Å². The van der Waals surface area contributed by atoms with E-state index in [9.17, 15) is 8.78 Å². The molecule has 0 amide bonds. The zero-order chi connectivity index (χ0) is 17.4. The van der Waals surface area contributed by atoms with Gasteiger partial charge in [-0.3, -0.25) is 0 Å². The van der Waals surface area contributed by atoms with Crippen molar-refractivity contribution < 1.29 is 23.0 Å². The van der Waals surface area contributed by atoms with Crippen molar-refractivity contribution in [2.45, 2.75) is 20.1 Å². The van der Waals surface area contributed by atoms with Crippen LogP contribution in [0.15, 0.2) is 30.6 Å². The molecule has 0 aliphatic carbocycles. The summed E-state index contributed by atoms with van der Waals surface area (Å²) < 4.78 is 42.2. The fourth-order valence-electron chi connectivity index (χ4n) is 2.67. The van der Waals surface area contributed by atoms with Gasteiger partial charge in [-0.25, -0.2) is 9.50 Å². The highest BCUT2D eigenvalue weighted by Crippen LogP contribution is 2.39. The summed E-state index contributed by atoms with van der Waals surface area (Å²) in [7, 11) is 0. The highest BCUT2D eigenvalue weighted by Gasteiger charge is 2.20. The summed E-state index contributed by atoms with van der Waals surface area (Å²) in [5.41, 5.74) is 2.14. The monoisotopic (exact) mass is 348 g/mol. The van der Waals surface area contributed by atoms with Crippen molar-refractivity contribution in [3.8, 4) is 17.2 Å². The van der Waals surface area contributed by atoms with Crippen molar-refractivity contribution in [2.75, 3.05) is 12.1 Å². The number of rotatable bonds is 5. The summed E-state index contributed by atoms with van der Waals surface area (Å²) >= 11 is 0. The number of ether oxygens (including phenoxy) is 3. The van der Waals surface area contributed by atoms with Crippen LogP contribution in [0.1, 0.15) is 11.3 Å². The minimum atomic E-state index is -2.93. The summed E-state index contributed by atoms with van der Waals surface area (Å²) in [6.07, 6.45) is 3.34. The molecular formula is C16H14F2N4O3. The van der Waals surface area contributed by atoms with Crippen molar-refractivity contribution in [1.29, 1.82) is 0 Å². The third-order valence-corrected chi connectivity index (χ3v) is 3.73. The Bertz CT molecular complexity index is 929. The van der Waals surface area contributed by atoms with Gasteiger partial charge in [0.05, 0.1) is 5.69 Å². The number of anilines is 1. The predicted molar refractivity (Wildman–Crippen MR) is 84.2 cm³/mol. The minimum Gasteiger partial charge on any atom is -0.454 e. The number of halogens is 2. The second kappa shape index (κ2) is 6.08. The number of benzene rings is 1. The Labute approximate surface area is 141 Å². The van der Waals surface area contributed by atoms with Gasteiger partial charge in [0, 0.05) is 30.6 Å². The van der Waals surface area contributed by atoms with Crippen LogP contribution in [0.5, 0.6) is 17.2 Å². The molecule has 0 bridgehead atoms. The van der Waals surface area contributed by atoms with Gasteiger partial charge < -0.3 is 19.5 Å². The van der Waals surface area contributed by atoms with E-state index in [1.54, 1.807) is 23.0 Å². The fraction of sp³-hybridized carbons (Fsp3) is 0.250. The normalized spacial score (nSPS) is 12.8. The van der Waals surface area contributed by atoms with E-state index < -0.39 is 6.61 Å². The number of hydrogen-bond acceptors (Lipinski definition) is 6. The number of hydrogen-bond donors (Lipinski definition) is 1. The fourth-order valence-corrected chi connectivity index (χ4v) is 2.67. The molecule has 130 valence electrons. The topological polar surface area (TPSA) is 69.9 Å². The van der Waals surface area contributed by atoms with Crippen molar-refractivity contribution in [3.05, 3.63) is 41.9 Å². The molecule has 0 unspecified atom stereocenters. The van der Waals surface area contributed by atoms with E-state index in [0.29, 0.717) is 22.9 Å². The number of nitrogens with one attached hydrogen (secondary N) is 1. The average molecular weight is 348 g/mol. The van der Waals surface area contributed by atoms with Gasteiger partial charge in [-0.2, -0.15) is 13.9 Å². The molecule has 2 aromatic heterocycles. The Morgan fingerprint density at radius 2 is 2.08 bits per heavy atom. The summed E-state index contributed by atoms with van der Waals surface area (Å²) in [6.45, 7) is -0.784. The van der Waals surface area contributed by atoms with Crippen LogP contribution in [0, 0.1) is 6.92 Å². The molecular weight excluding hydrogens is 334 g/mol. The van der Waals surface area contributed by atoms with Gasteiger partial charge in [0.1, 0.15) is 11.3 Å². The van der Waals surface area contributed by atoms with Crippen molar-refractivity contribution in [1.82, 2.24) is 14.6 Å². The molecule has 25 heavy (non-hydrogen) atoms. The molecule has 0 atom stereocenters. The van der Waals surface area contributed by atoms with Crippen LogP contribution in [-0.4, -0.2) is 28.0 Å². The van der Waals surface area contributed by atoms with E-state index in [2.05, 4.69) is 20.1 Å². The lowest BCUT2D eigenvalue weighted by atomic mass is 10.1. The van der Waals surface area contributed by atoms with Gasteiger partial charge >= 0.3 is 6.61 Å². The lowest BCUT2D eigenvalue weighted by Gasteiger charge is -2.13. The Morgan fingerprint density at radius 1 is 1.28 bits per heavy atom. The largest absolute Gasteiger partial charge is 0.454 e. The van der Waals surface area contributed by atoms with Crippen LogP contribution < -0.4 is 19.5 Å². The van der Waals surface area contributed by atoms with E-state index in [0.717, 1.165) is 11.2 Å². The minimum absolute atomic E-state index is 0.0309. The molecule has 1 aromatic carbocycles. The van der Waals surface area contributed by atoms with Crippen LogP contribution in [-0.2, 0) is 6.54 Å². The maximum atomic E-state index is 12.7. The second-order valence-corrected chi connectivity index (χ2v) is 5.44. The molecule has 3 heterocycles. The van der Waals surface area contributed by atoms with Gasteiger partial charge in [0.25, 0.3) is 0 Å². The molecule has 7 nitrogen and oxygen atoms in total. The first-order valence-electron chi connectivity index (χ1n) is 7.52. The van der Waals surface area contributed by atoms with Crippen LogP contribution >= 0.6 is 0 Å². The molecule has 4 rings (SSSR count). The smallest absolute Gasteiger partial charge is 0.387 e. The second-order valence-electron chi connectivity index (χ2n) is 5.44. The van der Waals surface area contributed by atoms with Crippen LogP contribution in [0.25, 0.3) is 5.52 Å². The maximum absolute atomic E-state index is 12.7. The molecule has 9 heteroatoms. The number of aryl methyl sites for hydroxylation is 1. The molecule has 0 saturated carbocycles. The molecule has 0 spiro atoms. The van der Waals surface area contributed by atoms with Crippen LogP contribution in [0.4, 0.5) is 14.6 Å². The SMILES string of the molecule is Cc1cc2c(NCc3cc4c(cc3OC(F)F)OCO4)nccn2n1. The van der Waals surface area contributed by atoms with Gasteiger partial charge in [0.2, 0.25) is 6.79 Å². The molecule has 3 aromatic rings. The lowest BCUT2D eigenvalue weighted by Crippen LogP contribution is -2.08. The Balaban J connectivity index is 1.63. The Morgan fingerprint density at radius 3 is 2.88 bits per heavy atom. The molecule has 1 aliphatic heterocycles. The van der Waals surface area contributed by atoms with Crippen molar-refractivity contribution >= 4 is 11.3 Å². The molecule has 0 radical (unpaired) electrons. The quantitative estimate of drug-likeness (QED) is 0.764. The zero-order valence-corrected chi connectivity index (χ0v) is 13.2. The number of alkyl halides is 2. The summed E-state index contributed by atoms with van der Waals surface area (Å²) in [4.78, 5) is 4.28. The number of fused-ring (bicyclic) bond motifs is 2. The van der Waals surface area contributed by atoms with Crippen molar-refractivity contribution in [3.63, 3.8) is 0 Å². The first-order valence-corrected chi connectivity index (χ1v) is 7.52. The number of nitrogens with zero attached hydrogens (tertiary/aromatic N) is 3. The van der Waals surface area contributed by atoms with E-state index in [1.165, 1.54) is 6.07 Å².